The Morgan fingerprint density at radius 1 is 1.00 bits per heavy atom. The first kappa shape index (κ1) is 3.83. The van der Waals surface area contributed by atoms with Crippen LogP contribution in [0.2, 0.25) is 0 Å². The summed E-state index contributed by atoms with van der Waals surface area (Å²) >= 11 is 0. The maximum Gasteiger partial charge on any atom is 0.0816 e. The van der Waals surface area contributed by atoms with Crippen LogP contribution in [0.4, 0.5) is 0 Å². The minimum atomic E-state index is 1.41. The monoisotopic (exact) mass is 124 g/mol. The topological polar surface area (TPSA) is 24.7 Å². The van der Waals surface area contributed by atoms with E-state index in [1.54, 1.807) is 9.83 Å². The molecule has 0 fully saturated rings. The van der Waals surface area contributed by atoms with Crippen molar-refractivity contribution in [1.29, 1.82) is 0 Å². The van der Waals surface area contributed by atoms with Crippen LogP contribution in [0.1, 0.15) is 0 Å². The summed E-state index contributed by atoms with van der Waals surface area (Å²) in [6, 6.07) is 0. The van der Waals surface area contributed by atoms with E-state index in [1.807, 2.05) is 0 Å². The number of hydrogen-bond donors (Lipinski definition) is 0. The van der Waals surface area contributed by atoms with Gasteiger partial charge in [0.15, 0.2) is 0 Å². The fraction of sp³-hybridized carbons (Fsp3) is 0. The highest BCUT2D eigenvalue weighted by Gasteiger charge is 1.91. The lowest BCUT2D eigenvalue weighted by Crippen LogP contribution is -1.10. The molecule has 1 rings (SSSR count). The van der Waals surface area contributed by atoms with Gasteiger partial charge in [0.1, 0.15) is 0 Å². The molecule has 1 aliphatic rings. The van der Waals surface area contributed by atoms with E-state index in [0.29, 0.717) is 0 Å². The molecule has 0 aromatic carbocycles. The summed E-state index contributed by atoms with van der Waals surface area (Å²) in [7, 11) is 4.40. The van der Waals surface area contributed by atoms with E-state index in [0.717, 1.165) is 0 Å². The average Bonchev–Trinajstić information content (AvgIpc) is 1.76. The number of hydrogen-bond acceptors (Lipinski definition) is 5. The van der Waals surface area contributed by atoms with E-state index in [4.69, 9.17) is 0 Å². The third kappa shape index (κ3) is 1.02. The van der Waals surface area contributed by atoms with Crippen LogP contribution in [0, 0.1) is 0 Å². The van der Waals surface area contributed by atoms with Gasteiger partial charge in [-0.25, -0.2) is 0 Å². The molecule has 1 aliphatic heterocycles. The third-order valence-corrected chi connectivity index (χ3v) is 2.54. The highest BCUT2D eigenvalue weighted by molar-refractivity contribution is 9.09. The summed E-state index contributed by atoms with van der Waals surface area (Å²) in [5.41, 5.74) is 0. The molecule has 28 valence electrons. The molecule has 0 unspecified atom stereocenters. The van der Waals surface area contributed by atoms with Gasteiger partial charge in [0.25, 0.3) is 0 Å². The third-order valence-electron chi connectivity index (χ3n) is 0.161. The van der Waals surface area contributed by atoms with Gasteiger partial charge in [-0.1, -0.05) is 9.04 Å². The quantitative estimate of drug-likeness (QED) is 0.366. The molecular formula is N2S3. The van der Waals surface area contributed by atoms with Crippen LogP contribution >= 0.6 is 31.8 Å². The van der Waals surface area contributed by atoms with Crippen molar-refractivity contribution in [3.63, 3.8) is 0 Å². The van der Waals surface area contributed by atoms with Crippen LogP contribution in [0.15, 0.2) is 9.04 Å². The molecule has 0 bridgehead atoms. The van der Waals surface area contributed by atoms with Gasteiger partial charge in [-0.3, -0.25) is 0 Å². The molecular weight excluding hydrogens is 124 g/mol. The largest absolute Gasteiger partial charge is 0.0955 e. The van der Waals surface area contributed by atoms with Gasteiger partial charge in [0, 0.05) is 9.83 Å². The molecule has 0 spiro atoms. The highest BCUT2D eigenvalue weighted by atomic mass is 33.5. The Labute approximate surface area is 41.3 Å². The molecule has 0 aliphatic carbocycles. The van der Waals surface area contributed by atoms with Crippen LogP contribution in [0.25, 0.3) is 0 Å². The van der Waals surface area contributed by atoms with Crippen molar-refractivity contribution in [3.05, 3.63) is 0 Å². The molecule has 0 atom stereocenters. The summed E-state index contributed by atoms with van der Waals surface area (Å²) in [5.74, 6) is 0. The normalized spacial score (nSPS) is 20.8. The van der Waals surface area contributed by atoms with Gasteiger partial charge < -0.3 is 0 Å². The highest BCUT2D eigenvalue weighted by Crippen LogP contribution is 2.43. The molecule has 0 saturated heterocycles. The van der Waals surface area contributed by atoms with Crippen LogP contribution in [-0.2, 0) is 0 Å². The van der Waals surface area contributed by atoms with E-state index >= 15 is 0 Å². The lowest BCUT2D eigenvalue weighted by molar-refractivity contribution is 1.56. The molecule has 0 aromatic rings. The predicted molar refractivity (Wildman–Crippen MR) is 27.6 cm³/mol. The van der Waals surface area contributed by atoms with Crippen molar-refractivity contribution in [2.75, 3.05) is 0 Å². The van der Waals surface area contributed by atoms with Gasteiger partial charge >= 0.3 is 0 Å². The first-order valence-corrected chi connectivity index (χ1v) is 4.30. The van der Waals surface area contributed by atoms with Crippen LogP contribution in [0.3, 0.4) is 0 Å². The van der Waals surface area contributed by atoms with Crippen LogP contribution in [-0.4, -0.2) is 0 Å². The molecule has 0 aromatic heterocycles. The second kappa shape index (κ2) is 1.94. The fourth-order valence-corrected chi connectivity index (χ4v) is 1.84. The SMILES string of the molecule is N1=NSSS1. The van der Waals surface area contributed by atoms with Gasteiger partial charge in [0.05, 0.1) is 22.0 Å². The van der Waals surface area contributed by atoms with Crippen molar-refractivity contribution >= 4 is 31.8 Å². The van der Waals surface area contributed by atoms with Crippen molar-refractivity contribution < 1.29 is 0 Å². The Morgan fingerprint density at radius 3 is 1.80 bits per heavy atom. The Morgan fingerprint density at radius 2 is 1.60 bits per heavy atom. The van der Waals surface area contributed by atoms with Crippen LogP contribution < -0.4 is 0 Å². The Balaban J connectivity index is 2.32. The van der Waals surface area contributed by atoms with Gasteiger partial charge in [-0.2, -0.15) is 0 Å². The predicted octanol–water partition coefficient (Wildman–Crippen LogP) is 2.31. The van der Waals surface area contributed by atoms with Crippen LogP contribution in [0.5, 0.6) is 0 Å². The Bertz CT molecular complexity index is 42.9. The zero-order chi connectivity index (χ0) is 3.54. The fourth-order valence-electron chi connectivity index (χ4n) is 0.0680. The Hall–Kier alpha value is 0.650. The summed E-state index contributed by atoms with van der Waals surface area (Å²) < 4.78 is 7.10. The maximum atomic E-state index is 3.55. The molecule has 2 nitrogen and oxygen atoms in total. The Kier molecular flexibility index (Phi) is 1.49. The second-order valence-electron chi connectivity index (χ2n) is 0.380. The summed E-state index contributed by atoms with van der Waals surface area (Å²) in [4.78, 5) is 0. The standard InChI is InChI=1S/N2S3/c1-2-4-5-3-1. The molecule has 5 heteroatoms. The van der Waals surface area contributed by atoms with E-state index in [9.17, 15) is 0 Å². The first-order chi connectivity index (χ1) is 2.50. The van der Waals surface area contributed by atoms with Crippen molar-refractivity contribution in [3.8, 4) is 0 Å². The summed E-state index contributed by atoms with van der Waals surface area (Å²) in [5, 5.41) is 0. The minimum Gasteiger partial charge on any atom is -0.0955 e. The second-order valence-corrected chi connectivity index (χ2v) is 3.67. The molecule has 0 amide bonds. The number of nitrogens with zero attached hydrogens (tertiary/aromatic N) is 2. The van der Waals surface area contributed by atoms with Gasteiger partial charge in [-0.15, -0.1) is 0 Å². The minimum absolute atomic E-state index is 1.41. The van der Waals surface area contributed by atoms with Crippen molar-refractivity contribution in [2.45, 2.75) is 0 Å². The van der Waals surface area contributed by atoms with Crippen molar-refractivity contribution in [2.24, 2.45) is 9.04 Å². The zero-order valence-electron chi connectivity index (χ0n) is 2.12. The smallest absolute Gasteiger partial charge is 0.0816 e. The van der Waals surface area contributed by atoms with Gasteiger partial charge in [0.2, 0.25) is 0 Å². The first-order valence-electron chi connectivity index (χ1n) is 0.898. The van der Waals surface area contributed by atoms with E-state index in [1.165, 1.54) is 22.0 Å². The maximum absolute atomic E-state index is 3.55. The van der Waals surface area contributed by atoms with E-state index in [2.05, 4.69) is 9.04 Å². The lowest BCUT2D eigenvalue weighted by Gasteiger charge is -1.60. The number of rotatable bonds is 0. The van der Waals surface area contributed by atoms with Crippen molar-refractivity contribution in [1.82, 2.24) is 0 Å². The molecule has 0 radical (unpaired) electrons. The van der Waals surface area contributed by atoms with E-state index in [-0.39, 0.29) is 0 Å². The molecule has 0 saturated carbocycles. The zero-order valence-corrected chi connectivity index (χ0v) is 4.57. The van der Waals surface area contributed by atoms with E-state index < -0.39 is 0 Å². The lowest BCUT2D eigenvalue weighted by atomic mass is 13.2. The summed E-state index contributed by atoms with van der Waals surface area (Å²) in [6.45, 7) is 0. The summed E-state index contributed by atoms with van der Waals surface area (Å²) in [6.07, 6.45) is 0. The molecule has 0 N–H and O–H groups in total. The molecule has 5 heavy (non-hydrogen) atoms. The average molecular weight is 124 g/mol. The van der Waals surface area contributed by atoms with Gasteiger partial charge in [-0.05, 0) is 0 Å². The molecule has 1 heterocycles.